The predicted molar refractivity (Wildman–Crippen MR) is 87.2 cm³/mol. The lowest BCUT2D eigenvalue weighted by Crippen LogP contribution is -2.40. The number of imidazole rings is 1. The summed E-state index contributed by atoms with van der Waals surface area (Å²) in [5.41, 5.74) is 0.731. The van der Waals surface area contributed by atoms with E-state index in [1.54, 1.807) is 19.2 Å². The number of carbonyl (C=O) groups is 1. The van der Waals surface area contributed by atoms with Crippen molar-refractivity contribution in [3.05, 3.63) is 30.0 Å². The molecule has 2 aromatic heterocycles. The van der Waals surface area contributed by atoms with E-state index in [1.165, 1.54) is 0 Å². The molecule has 3 rings (SSSR count). The Morgan fingerprint density at radius 2 is 2.25 bits per heavy atom. The molecule has 2 aromatic rings. The Balaban J connectivity index is 1.46. The monoisotopic (exact) mass is 333 g/mol. The summed E-state index contributed by atoms with van der Waals surface area (Å²) >= 11 is 0. The van der Waals surface area contributed by atoms with Gasteiger partial charge in [-0.1, -0.05) is 5.16 Å². The molecule has 0 aliphatic carbocycles. The zero-order valence-electron chi connectivity index (χ0n) is 14.0. The first-order valence-corrected chi connectivity index (χ1v) is 8.13. The molecule has 8 heteroatoms. The minimum Gasteiger partial charge on any atom is -0.385 e. The lowest BCUT2D eigenvalue weighted by Gasteiger charge is -2.33. The predicted octanol–water partition coefficient (Wildman–Crippen LogP) is 1.10. The lowest BCUT2D eigenvalue weighted by molar-refractivity contribution is -0.117. The Hall–Kier alpha value is -2.19. The molecule has 1 aliphatic rings. The highest BCUT2D eigenvalue weighted by molar-refractivity contribution is 5.90. The molecular formula is C16H23N5O3. The number of piperidine rings is 1. The van der Waals surface area contributed by atoms with E-state index < -0.39 is 6.10 Å². The maximum Gasteiger partial charge on any atom is 0.240 e. The van der Waals surface area contributed by atoms with Crippen molar-refractivity contribution in [3.8, 4) is 0 Å². The molecule has 24 heavy (non-hydrogen) atoms. The Labute approximate surface area is 140 Å². The Morgan fingerprint density at radius 3 is 2.83 bits per heavy atom. The van der Waals surface area contributed by atoms with Gasteiger partial charge in [0, 0.05) is 25.5 Å². The van der Waals surface area contributed by atoms with Crippen LogP contribution < -0.4 is 5.32 Å². The van der Waals surface area contributed by atoms with E-state index in [0.717, 1.165) is 31.6 Å². The molecule has 1 amide bonds. The van der Waals surface area contributed by atoms with Gasteiger partial charge in [-0.05, 0) is 38.8 Å². The molecule has 0 saturated carbocycles. The van der Waals surface area contributed by atoms with Crippen molar-refractivity contribution in [3.63, 3.8) is 0 Å². The van der Waals surface area contributed by atoms with Crippen LogP contribution in [-0.2, 0) is 11.8 Å². The SMILES string of the molecule is Cc1cc(NC(=O)CN2CCC([C@@H](O)c3nccn3C)CC2)on1. The van der Waals surface area contributed by atoms with Crippen molar-refractivity contribution in [2.24, 2.45) is 13.0 Å². The van der Waals surface area contributed by atoms with Crippen molar-refractivity contribution in [2.45, 2.75) is 25.9 Å². The van der Waals surface area contributed by atoms with E-state index in [2.05, 4.69) is 20.4 Å². The van der Waals surface area contributed by atoms with E-state index in [0.29, 0.717) is 18.3 Å². The number of aryl methyl sites for hydroxylation is 2. The summed E-state index contributed by atoms with van der Waals surface area (Å²) in [5.74, 6) is 1.13. The van der Waals surface area contributed by atoms with Crippen molar-refractivity contribution < 1.29 is 14.4 Å². The van der Waals surface area contributed by atoms with E-state index in [1.807, 2.05) is 17.8 Å². The number of hydrogen-bond acceptors (Lipinski definition) is 6. The van der Waals surface area contributed by atoms with Gasteiger partial charge >= 0.3 is 0 Å². The van der Waals surface area contributed by atoms with Gasteiger partial charge in [0.1, 0.15) is 11.9 Å². The summed E-state index contributed by atoms with van der Waals surface area (Å²) < 4.78 is 6.83. The van der Waals surface area contributed by atoms with Crippen LogP contribution in [0, 0.1) is 12.8 Å². The summed E-state index contributed by atoms with van der Waals surface area (Å²) in [6.45, 7) is 3.66. The van der Waals surface area contributed by atoms with E-state index in [9.17, 15) is 9.90 Å². The molecule has 3 heterocycles. The first-order chi connectivity index (χ1) is 11.5. The van der Waals surface area contributed by atoms with Crippen molar-refractivity contribution >= 4 is 11.8 Å². The zero-order chi connectivity index (χ0) is 17.1. The van der Waals surface area contributed by atoms with Crippen LogP contribution in [0.4, 0.5) is 5.88 Å². The third-order valence-corrected chi connectivity index (χ3v) is 4.46. The quantitative estimate of drug-likeness (QED) is 0.850. The van der Waals surface area contributed by atoms with Crippen molar-refractivity contribution in [1.29, 1.82) is 0 Å². The normalized spacial score (nSPS) is 17.8. The van der Waals surface area contributed by atoms with Crippen molar-refractivity contribution in [1.82, 2.24) is 19.6 Å². The molecule has 0 radical (unpaired) electrons. The summed E-state index contributed by atoms with van der Waals surface area (Å²) in [6.07, 6.45) is 4.65. The van der Waals surface area contributed by atoms with E-state index >= 15 is 0 Å². The van der Waals surface area contributed by atoms with Gasteiger partial charge in [0.05, 0.1) is 12.2 Å². The highest BCUT2D eigenvalue weighted by atomic mass is 16.5. The standard InChI is InChI=1S/C16H23N5O3/c1-11-9-14(24-19-11)18-13(22)10-21-6-3-12(4-7-21)15(23)16-17-5-8-20(16)2/h5,8-9,12,15,23H,3-4,6-7,10H2,1-2H3,(H,18,22)/t15-/m1/s1. The molecule has 1 atom stereocenters. The Bertz CT molecular complexity index is 687. The second kappa shape index (κ2) is 7.14. The highest BCUT2D eigenvalue weighted by Crippen LogP contribution is 2.29. The number of aromatic nitrogens is 3. The van der Waals surface area contributed by atoms with E-state index in [4.69, 9.17) is 4.52 Å². The first-order valence-electron chi connectivity index (χ1n) is 8.13. The largest absolute Gasteiger partial charge is 0.385 e. The summed E-state index contributed by atoms with van der Waals surface area (Å²) in [5, 5.41) is 16.9. The number of aliphatic hydroxyl groups is 1. The summed E-state index contributed by atoms with van der Waals surface area (Å²) in [4.78, 5) is 18.3. The number of nitrogens with zero attached hydrogens (tertiary/aromatic N) is 4. The second-order valence-electron chi connectivity index (χ2n) is 6.34. The molecule has 2 N–H and O–H groups in total. The molecular weight excluding hydrogens is 310 g/mol. The number of rotatable bonds is 5. The maximum atomic E-state index is 12.0. The fraction of sp³-hybridized carbons (Fsp3) is 0.562. The summed E-state index contributed by atoms with van der Waals surface area (Å²) in [7, 11) is 1.89. The van der Waals surface area contributed by atoms with Crippen LogP contribution in [0.3, 0.4) is 0 Å². The van der Waals surface area contributed by atoms with Crippen LogP contribution >= 0.6 is 0 Å². The maximum absolute atomic E-state index is 12.0. The number of likely N-dealkylation sites (tertiary alicyclic amines) is 1. The zero-order valence-corrected chi connectivity index (χ0v) is 14.0. The fourth-order valence-electron chi connectivity index (χ4n) is 3.10. The van der Waals surface area contributed by atoms with Gasteiger partial charge in [0.25, 0.3) is 0 Å². The van der Waals surface area contributed by atoms with E-state index in [-0.39, 0.29) is 11.8 Å². The average Bonchev–Trinajstić information content (AvgIpc) is 3.15. The number of anilines is 1. The molecule has 8 nitrogen and oxygen atoms in total. The van der Waals surface area contributed by atoms with Crippen molar-refractivity contribution in [2.75, 3.05) is 25.0 Å². The van der Waals surface area contributed by atoms with Gasteiger partial charge in [-0.2, -0.15) is 0 Å². The summed E-state index contributed by atoms with van der Waals surface area (Å²) in [6, 6.07) is 1.69. The van der Waals surface area contributed by atoms with Crippen LogP contribution in [0.5, 0.6) is 0 Å². The third-order valence-electron chi connectivity index (χ3n) is 4.46. The van der Waals surface area contributed by atoms with Gasteiger partial charge < -0.3 is 14.2 Å². The number of amides is 1. The number of hydrogen-bond donors (Lipinski definition) is 2. The molecule has 1 fully saturated rings. The van der Waals surface area contributed by atoms with Gasteiger partial charge in [-0.15, -0.1) is 0 Å². The van der Waals surface area contributed by atoms with Crippen LogP contribution in [0.15, 0.2) is 23.0 Å². The second-order valence-corrected chi connectivity index (χ2v) is 6.34. The minimum atomic E-state index is -0.557. The molecule has 1 saturated heterocycles. The van der Waals surface area contributed by atoms with Gasteiger partial charge in [-0.3, -0.25) is 15.0 Å². The molecule has 0 aromatic carbocycles. The fourth-order valence-corrected chi connectivity index (χ4v) is 3.10. The average molecular weight is 333 g/mol. The van der Waals surface area contributed by atoms with Crippen LogP contribution in [0.2, 0.25) is 0 Å². The molecule has 0 spiro atoms. The minimum absolute atomic E-state index is 0.116. The van der Waals surface area contributed by atoms with Crippen LogP contribution in [-0.4, -0.2) is 50.3 Å². The molecule has 1 aliphatic heterocycles. The number of carbonyl (C=O) groups excluding carboxylic acids is 1. The number of nitrogens with one attached hydrogen (secondary N) is 1. The molecule has 0 unspecified atom stereocenters. The van der Waals surface area contributed by atoms with Crippen LogP contribution in [0.25, 0.3) is 0 Å². The first kappa shape index (κ1) is 16.7. The van der Waals surface area contributed by atoms with Gasteiger partial charge in [0.15, 0.2) is 0 Å². The smallest absolute Gasteiger partial charge is 0.240 e. The third kappa shape index (κ3) is 3.82. The van der Waals surface area contributed by atoms with Gasteiger partial charge in [0.2, 0.25) is 11.8 Å². The Morgan fingerprint density at radius 1 is 1.50 bits per heavy atom. The topological polar surface area (TPSA) is 96.4 Å². The number of aliphatic hydroxyl groups excluding tert-OH is 1. The Kier molecular flexibility index (Phi) is 4.96. The van der Waals surface area contributed by atoms with Gasteiger partial charge in [-0.25, -0.2) is 4.98 Å². The lowest BCUT2D eigenvalue weighted by atomic mass is 9.90. The van der Waals surface area contributed by atoms with Crippen LogP contribution in [0.1, 0.15) is 30.5 Å². The molecule has 0 bridgehead atoms. The molecule has 130 valence electrons. The highest BCUT2D eigenvalue weighted by Gasteiger charge is 2.29.